The zero-order valence-electron chi connectivity index (χ0n) is 83.0. The molecule has 0 amide bonds. The van der Waals surface area contributed by atoms with Gasteiger partial charge in [0.05, 0.1) is 50.2 Å². The summed E-state index contributed by atoms with van der Waals surface area (Å²) in [5, 5.41) is 1.46. The van der Waals surface area contributed by atoms with Crippen LogP contribution in [0.1, 0.15) is 164 Å². The van der Waals surface area contributed by atoms with Crippen molar-refractivity contribution in [2.24, 2.45) is 5.92 Å². The minimum atomic E-state index is -0.764. The Hall–Kier alpha value is -16.8. The van der Waals surface area contributed by atoms with Crippen molar-refractivity contribution >= 4 is 92.3 Å². The lowest BCUT2D eigenvalue weighted by atomic mass is 9.94. The molecule has 19 rings (SSSR count). The van der Waals surface area contributed by atoms with Gasteiger partial charge in [0.1, 0.15) is 29.9 Å². The van der Waals surface area contributed by atoms with Crippen LogP contribution in [0.3, 0.4) is 0 Å². The molecule has 1 fully saturated rings. The first kappa shape index (κ1) is 105. The fourth-order valence-corrected chi connectivity index (χ4v) is 17.7. The van der Waals surface area contributed by atoms with Crippen LogP contribution in [0.25, 0.3) is 55.9 Å². The number of ether oxygens (including phenoxy) is 2. The fraction of sp³-hybridized carbons (Fsp3) is 0.180. The maximum atomic E-state index is 13.1. The summed E-state index contributed by atoms with van der Waals surface area (Å²) in [6.07, 6.45) is 27.6. The number of alkyl halides is 1. The lowest BCUT2D eigenvalue weighted by Crippen LogP contribution is -2.36. The van der Waals surface area contributed by atoms with Crippen LogP contribution in [-0.4, -0.2) is 150 Å². The molecule has 9 aromatic heterocycles. The van der Waals surface area contributed by atoms with Crippen molar-refractivity contribution in [1.82, 2.24) is 69.7 Å². The van der Waals surface area contributed by atoms with Gasteiger partial charge >= 0.3 is 11.9 Å². The van der Waals surface area contributed by atoms with Crippen molar-refractivity contribution in [3.63, 3.8) is 0 Å². The summed E-state index contributed by atoms with van der Waals surface area (Å²) in [5.41, 5.74) is 27.1. The van der Waals surface area contributed by atoms with Crippen LogP contribution in [0.4, 0.5) is 0 Å². The second-order valence-corrected chi connectivity index (χ2v) is 37.8. The monoisotopic (exact) mass is 2030 g/mol. The van der Waals surface area contributed by atoms with E-state index in [1.165, 1.54) is 17.7 Å². The molecule has 1 unspecified atom stereocenters. The van der Waals surface area contributed by atoms with E-state index in [9.17, 15) is 38.4 Å². The van der Waals surface area contributed by atoms with Crippen molar-refractivity contribution in [3.8, 4) is 45.0 Å². The van der Waals surface area contributed by atoms with Gasteiger partial charge in [-0.2, -0.15) is 0 Å². The Bertz CT molecular complexity index is 7840. The summed E-state index contributed by atoms with van der Waals surface area (Å²) >= 11 is 17.6. The van der Waals surface area contributed by atoms with Gasteiger partial charge < -0.3 is 19.4 Å². The normalized spacial score (nSPS) is 11.9. The number of hydrogen-bond acceptors (Lipinski definition) is 23. The molecule has 1 N–H and O–H groups in total. The number of aryl methyl sites for hydroxylation is 4. The molecule has 0 spiro atoms. The summed E-state index contributed by atoms with van der Waals surface area (Å²) in [6, 6.07) is 79.5. The van der Waals surface area contributed by atoms with Crippen LogP contribution in [0.15, 0.2) is 335 Å². The van der Waals surface area contributed by atoms with Gasteiger partial charge in [-0.1, -0.05) is 187 Å². The summed E-state index contributed by atoms with van der Waals surface area (Å²) in [5.74, 6) is 1.71. The summed E-state index contributed by atoms with van der Waals surface area (Å²) in [6.45, 7) is 9.13. The van der Waals surface area contributed by atoms with Gasteiger partial charge in [0.25, 0.3) is 0 Å². The molecular formula is C122H105Cl3N14O10. The highest BCUT2D eigenvalue weighted by Gasteiger charge is 2.31. The second kappa shape index (κ2) is 50.8. The number of carbonyl (C=O) groups is 8. The minimum absolute atomic E-state index is 0.00473. The molecule has 0 aliphatic carbocycles. The average Bonchev–Trinajstić information content (AvgIpc) is 1.67. The van der Waals surface area contributed by atoms with Gasteiger partial charge in [0.2, 0.25) is 0 Å². The van der Waals surface area contributed by atoms with Crippen LogP contribution in [-0.2, 0) is 101 Å². The molecule has 1 saturated heterocycles. The number of cyclic esters (lactones) is 1. The molecule has 1 atom stereocenters. The number of H-pyrrole nitrogens is 1. The highest BCUT2D eigenvalue weighted by atomic mass is 35.5. The van der Waals surface area contributed by atoms with E-state index in [-0.39, 0.29) is 87.3 Å². The molecule has 149 heavy (non-hydrogen) atoms. The number of pyridine rings is 4. The van der Waals surface area contributed by atoms with Crippen molar-refractivity contribution in [2.75, 3.05) is 33.2 Å². The molecule has 10 heterocycles. The number of halogens is 3. The Morgan fingerprint density at radius 1 is 0.376 bits per heavy atom. The number of nitrogens with zero attached hydrogens (tertiary/aromatic N) is 13. The third kappa shape index (κ3) is 29.4. The van der Waals surface area contributed by atoms with Crippen LogP contribution in [0.5, 0.6) is 0 Å². The minimum Gasteiger partial charge on any atom is -0.464 e. The lowest BCUT2D eigenvalue weighted by molar-refractivity contribution is -0.168. The third-order valence-corrected chi connectivity index (χ3v) is 26.2. The first-order valence-electron chi connectivity index (χ1n) is 48.5. The smallest absolute Gasteiger partial charge is 0.341 e. The largest absolute Gasteiger partial charge is 0.464 e. The maximum absolute atomic E-state index is 13.1. The number of carbonyl (C=O) groups excluding carboxylic acids is 8. The summed E-state index contributed by atoms with van der Waals surface area (Å²) in [7, 11) is 4.10. The zero-order chi connectivity index (χ0) is 104. The van der Waals surface area contributed by atoms with E-state index in [2.05, 4.69) is 102 Å². The zero-order valence-corrected chi connectivity index (χ0v) is 85.2. The van der Waals surface area contributed by atoms with Crippen LogP contribution < -0.4 is 0 Å². The first-order valence-corrected chi connectivity index (χ1v) is 49.8. The van der Waals surface area contributed by atoms with Crippen molar-refractivity contribution in [2.45, 2.75) is 105 Å². The van der Waals surface area contributed by atoms with Gasteiger partial charge in [0, 0.05) is 207 Å². The van der Waals surface area contributed by atoms with Crippen molar-refractivity contribution < 1.29 is 47.8 Å². The lowest BCUT2D eigenvalue weighted by Gasteiger charge is -2.24. The molecule has 0 saturated carbocycles. The molecule has 744 valence electrons. The van der Waals surface area contributed by atoms with E-state index < -0.39 is 12.6 Å². The second-order valence-electron chi connectivity index (χ2n) is 36.7. The highest BCUT2D eigenvalue weighted by molar-refractivity contribution is 6.39. The fourth-order valence-electron chi connectivity index (χ4n) is 17.0. The van der Waals surface area contributed by atoms with Crippen LogP contribution in [0.2, 0.25) is 10.0 Å². The molecule has 27 heteroatoms. The van der Waals surface area contributed by atoms with Crippen molar-refractivity contribution in [1.29, 1.82) is 0 Å². The summed E-state index contributed by atoms with van der Waals surface area (Å²) < 4.78 is 9.93. The molecular weight excluding hydrogens is 1930 g/mol. The van der Waals surface area contributed by atoms with Gasteiger partial charge in [0.15, 0.2) is 41.3 Å². The summed E-state index contributed by atoms with van der Waals surface area (Å²) in [4.78, 5) is 158. The van der Waals surface area contributed by atoms with E-state index in [4.69, 9.17) is 64.2 Å². The molecule has 0 radical (unpaired) electrons. The molecule has 0 bridgehead atoms. The van der Waals surface area contributed by atoms with E-state index in [0.29, 0.717) is 86.1 Å². The Kier molecular flexibility index (Phi) is 35.8. The Labute approximate surface area is 878 Å². The van der Waals surface area contributed by atoms with Gasteiger partial charge in [-0.15, -0.1) is 11.6 Å². The number of aromatic nitrogens is 13. The van der Waals surface area contributed by atoms with Gasteiger partial charge in [-0.3, -0.25) is 53.5 Å². The van der Waals surface area contributed by atoms with E-state index >= 15 is 0 Å². The number of aromatic amines is 1. The number of fused-ring (bicyclic) bond motifs is 1. The predicted octanol–water partition coefficient (Wildman–Crippen LogP) is 22.3. The predicted molar refractivity (Wildman–Crippen MR) is 577 cm³/mol. The van der Waals surface area contributed by atoms with E-state index in [0.717, 1.165) is 163 Å². The Morgan fingerprint density at radius 3 is 1.05 bits per heavy atom. The SMILES string of the molecule is Cc1ccc(CC(=O)c2ccc(CC(=O)CCl)cc2)cc1Cc1nccc(-c2cccnc2)n1.Cc1ccc(CC(=O)c2ccc(CC(=O)COC(=O)c3c(Cl)cccc3Cl)cc2)cc1Cc1nccc(-c2cccnc2)n1.Cc1ccc(CC(=O)c2ccc(CC3COC3=O)cc2)cc1Cc1nccc(-c2cccnc2)n1.Cc1ccc(CC(=O)c2ccc3c(CN(C)C)c[nH]c3c2)cc1Cc1nccc(-c2cccnc2)n1. The number of ketones is 6. The quantitative estimate of drug-likeness (QED) is 0.0216. The van der Waals surface area contributed by atoms with E-state index in [1.807, 2.05) is 196 Å². The third-order valence-electron chi connectivity index (χ3n) is 25.3. The standard InChI is InChI=1S/C35H27Cl2N3O4.C30H29N5O.C29H25N3O3.C28H24ClN3O2/c1-22-7-8-24(16-27(22)19-33-39-15-13-31(40-33)26-4-3-14-38-20-26)18-32(42)25-11-9-23(10-12-25)17-28(41)21-44-35(43)34-29(36)5-2-6-30(34)37;1-20-6-7-21(13-24(20)16-30-32-12-10-27(34-30)23-5-4-11-31-17-23)14-29(36)22-8-9-26-25(19-35(2)3)18-33-28(26)15-22;1-19-4-5-21(15-27(33)22-8-6-20(7-9-22)13-25-18-35-29(25)34)14-24(19)16-28-31-12-10-26(32-28)23-3-2-11-30-17-23;1-19-4-5-21(15-27(34)22-8-6-20(7-9-22)14-25(33)17-29)13-24(19)16-28-31-12-10-26(32-28)23-3-2-11-30-18-23/h2-16,20H,17-19,21H2,1H3;4-13,15,17-18,33H,14,16,19H2,1-3H3;2-12,14,17,25H,13,15-16,18H2,1H3;2-13,18H,14-17H2,1H3. The number of hydrogen-bond donors (Lipinski definition) is 1. The Morgan fingerprint density at radius 2 is 0.718 bits per heavy atom. The van der Waals surface area contributed by atoms with Crippen LogP contribution in [0, 0.1) is 33.6 Å². The van der Waals surface area contributed by atoms with Gasteiger partial charge in [-0.25, -0.2) is 44.7 Å². The highest BCUT2D eigenvalue weighted by Crippen LogP contribution is 2.31. The number of nitrogens with one attached hydrogen (secondary N) is 1. The van der Waals surface area contributed by atoms with Crippen molar-refractivity contribution in [3.05, 3.63) is 486 Å². The molecule has 18 aromatic rings. The number of esters is 2. The Balaban J connectivity index is 0.000000142. The molecule has 9 aromatic carbocycles. The topological polar surface area (TPSA) is 329 Å². The molecule has 1 aliphatic heterocycles. The maximum Gasteiger partial charge on any atom is 0.341 e. The van der Waals surface area contributed by atoms with E-state index in [1.54, 1.807) is 117 Å². The molecule has 1 aliphatic rings. The number of Topliss-reactive ketones (excluding diaryl/α,β-unsaturated/α-hetero) is 6. The number of rotatable bonds is 36. The first-order chi connectivity index (χ1) is 72.3. The molecule has 24 nitrogen and oxygen atoms in total. The van der Waals surface area contributed by atoms with Gasteiger partial charge in [-0.05, 0) is 228 Å². The number of benzene rings is 9. The average molecular weight is 2030 g/mol. The van der Waals surface area contributed by atoms with Crippen LogP contribution >= 0.6 is 34.8 Å².